The summed E-state index contributed by atoms with van der Waals surface area (Å²) in [5.74, 6) is 0.698. The summed E-state index contributed by atoms with van der Waals surface area (Å²) in [5.41, 5.74) is 2.19. The van der Waals surface area contributed by atoms with Crippen LogP contribution in [-0.4, -0.2) is 29.0 Å². The first kappa shape index (κ1) is 17.7. The van der Waals surface area contributed by atoms with E-state index in [2.05, 4.69) is 19.1 Å². The van der Waals surface area contributed by atoms with Gasteiger partial charge in [-0.2, -0.15) is 0 Å². The highest BCUT2D eigenvalue weighted by Crippen LogP contribution is 2.31. The van der Waals surface area contributed by atoms with Gasteiger partial charge in [0.1, 0.15) is 0 Å². The van der Waals surface area contributed by atoms with Crippen LogP contribution in [0.4, 0.5) is 0 Å². The van der Waals surface area contributed by atoms with Crippen LogP contribution in [0.25, 0.3) is 0 Å². The molecule has 0 aromatic heterocycles. The van der Waals surface area contributed by atoms with Crippen molar-refractivity contribution in [2.24, 2.45) is 5.92 Å². The van der Waals surface area contributed by atoms with Gasteiger partial charge in [-0.05, 0) is 35.8 Å². The Morgan fingerprint density at radius 3 is 2.08 bits per heavy atom. The number of rotatable bonds is 5. The summed E-state index contributed by atoms with van der Waals surface area (Å²) in [4.78, 5) is 14.6. The van der Waals surface area contributed by atoms with Crippen molar-refractivity contribution in [3.63, 3.8) is 0 Å². The lowest BCUT2D eigenvalue weighted by Gasteiger charge is -2.35. The largest absolute Gasteiger partial charge is 0.388 e. The first-order valence-electron chi connectivity index (χ1n) is 9.21. The highest BCUT2D eigenvalue weighted by Gasteiger charge is 2.28. The van der Waals surface area contributed by atoms with Gasteiger partial charge in [0.25, 0.3) is 0 Å². The fraction of sp³-hybridized carbons (Fsp3) is 0.409. The van der Waals surface area contributed by atoms with Crippen molar-refractivity contribution in [1.29, 1.82) is 0 Å². The minimum atomic E-state index is -0.429. The molecule has 2 unspecified atom stereocenters. The molecule has 2 atom stereocenters. The molecule has 132 valence electrons. The van der Waals surface area contributed by atoms with Crippen molar-refractivity contribution >= 4 is 5.91 Å². The number of hydrogen-bond acceptors (Lipinski definition) is 2. The monoisotopic (exact) mass is 337 g/mol. The van der Waals surface area contributed by atoms with Gasteiger partial charge in [0.05, 0.1) is 6.10 Å². The molecule has 1 saturated heterocycles. The fourth-order valence-electron chi connectivity index (χ4n) is 3.68. The fourth-order valence-corrected chi connectivity index (χ4v) is 3.68. The van der Waals surface area contributed by atoms with E-state index >= 15 is 0 Å². The van der Waals surface area contributed by atoms with Crippen molar-refractivity contribution in [1.82, 2.24) is 4.90 Å². The van der Waals surface area contributed by atoms with Crippen LogP contribution in [0.1, 0.15) is 49.3 Å². The van der Waals surface area contributed by atoms with Crippen LogP contribution < -0.4 is 0 Å². The molecule has 0 spiro atoms. The number of aliphatic hydroxyl groups excluding tert-OH is 1. The molecule has 1 N–H and O–H groups in total. The van der Waals surface area contributed by atoms with Gasteiger partial charge in [0.15, 0.2) is 0 Å². The summed E-state index contributed by atoms with van der Waals surface area (Å²) < 4.78 is 0. The second kappa shape index (κ2) is 8.30. The van der Waals surface area contributed by atoms with Crippen molar-refractivity contribution in [2.45, 2.75) is 38.2 Å². The molecule has 25 heavy (non-hydrogen) atoms. The Labute approximate surface area is 150 Å². The Kier molecular flexibility index (Phi) is 5.87. The SMILES string of the molecule is CC(CC(=O)N1CCC(C(O)c2ccccc2)CC1)c1ccccc1. The maximum absolute atomic E-state index is 12.6. The summed E-state index contributed by atoms with van der Waals surface area (Å²) >= 11 is 0. The molecule has 1 heterocycles. The third kappa shape index (κ3) is 4.49. The summed E-state index contributed by atoms with van der Waals surface area (Å²) in [5, 5.41) is 10.6. The van der Waals surface area contributed by atoms with E-state index in [1.54, 1.807) is 0 Å². The number of benzene rings is 2. The second-order valence-corrected chi connectivity index (χ2v) is 7.09. The number of hydrogen-bond donors (Lipinski definition) is 1. The minimum Gasteiger partial charge on any atom is -0.388 e. The van der Waals surface area contributed by atoms with Crippen molar-refractivity contribution in [2.75, 3.05) is 13.1 Å². The van der Waals surface area contributed by atoms with Gasteiger partial charge in [-0.25, -0.2) is 0 Å². The topological polar surface area (TPSA) is 40.5 Å². The molecule has 1 amide bonds. The lowest BCUT2D eigenvalue weighted by molar-refractivity contribution is -0.133. The quantitative estimate of drug-likeness (QED) is 0.890. The molecule has 1 fully saturated rings. The molecule has 0 bridgehead atoms. The Hall–Kier alpha value is -2.13. The molecule has 2 aromatic carbocycles. The zero-order valence-corrected chi connectivity index (χ0v) is 14.8. The average Bonchev–Trinajstić information content (AvgIpc) is 2.69. The molecule has 0 radical (unpaired) electrons. The van der Waals surface area contributed by atoms with E-state index in [-0.39, 0.29) is 17.7 Å². The maximum Gasteiger partial charge on any atom is 0.223 e. The zero-order valence-electron chi connectivity index (χ0n) is 14.8. The third-order valence-corrected chi connectivity index (χ3v) is 5.33. The predicted molar refractivity (Wildman–Crippen MR) is 100 cm³/mol. The van der Waals surface area contributed by atoms with Crippen molar-refractivity contribution < 1.29 is 9.90 Å². The van der Waals surface area contributed by atoms with Crippen LogP contribution in [0, 0.1) is 5.92 Å². The Morgan fingerprint density at radius 1 is 1.00 bits per heavy atom. The number of aliphatic hydroxyl groups is 1. The zero-order chi connectivity index (χ0) is 17.6. The highest BCUT2D eigenvalue weighted by atomic mass is 16.3. The van der Waals surface area contributed by atoms with E-state index in [1.807, 2.05) is 53.4 Å². The summed E-state index contributed by atoms with van der Waals surface area (Å²) in [6, 6.07) is 20.0. The van der Waals surface area contributed by atoms with Gasteiger partial charge >= 0.3 is 0 Å². The molecule has 1 aliphatic rings. The first-order chi connectivity index (χ1) is 12.1. The first-order valence-corrected chi connectivity index (χ1v) is 9.21. The van der Waals surface area contributed by atoms with Gasteiger partial charge in [0, 0.05) is 19.5 Å². The molecule has 0 aliphatic carbocycles. The van der Waals surface area contributed by atoms with Gasteiger partial charge in [-0.3, -0.25) is 4.79 Å². The smallest absolute Gasteiger partial charge is 0.223 e. The summed E-state index contributed by atoms with van der Waals surface area (Å²) in [6.07, 6.45) is 1.85. The highest BCUT2D eigenvalue weighted by molar-refractivity contribution is 5.77. The van der Waals surface area contributed by atoms with Crippen LogP contribution in [0.15, 0.2) is 60.7 Å². The Morgan fingerprint density at radius 2 is 1.52 bits per heavy atom. The molecular weight excluding hydrogens is 310 g/mol. The standard InChI is InChI=1S/C22H27NO2/c1-17(18-8-4-2-5-9-18)16-21(24)23-14-12-20(13-15-23)22(25)19-10-6-3-7-11-19/h2-11,17,20,22,25H,12-16H2,1H3. The van der Waals surface area contributed by atoms with Crippen LogP contribution in [-0.2, 0) is 4.79 Å². The molecule has 3 heteroatoms. The van der Waals surface area contributed by atoms with E-state index in [4.69, 9.17) is 0 Å². The average molecular weight is 337 g/mol. The van der Waals surface area contributed by atoms with Gasteiger partial charge in [-0.15, -0.1) is 0 Å². The number of piperidine rings is 1. The molecule has 3 rings (SSSR count). The number of likely N-dealkylation sites (tertiary alicyclic amines) is 1. The molecule has 3 nitrogen and oxygen atoms in total. The Balaban J connectivity index is 1.51. The lowest BCUT2D eigenvalue weighted by atomic mass is 9.87. The summed E-state index contributed by atoms with van der Waals surface area (Å²) in [6.45, 7) is 3.60. The summed E-state index contributed by atoms with van der Waals surface area (Å²) in [7, 11) is 0. The van der Waals surface area contributed by atoms with E-state index in [9.17, 15) is 9.90 Å². The number of nitrogens with zero attached hydrogens (tertiary/aromatic N) is 1. The van der Waals surface area contributed by atoms with Crippen LogP contribution >= 0.6 is 0 Å². The van der Waals surface area contributed by atoms with E-state index in [0.717, 1.165) is 31.5 Å². The van der Waals surface area contributed by atoms with Gasteiger partial charge in [0.2, 0.25) is 5.91 Å². The van der Waals surface area contributed by atoms with Crippen molar-refractivity contribution in [3.8, 4) is 0 Å². The van der Waals surface area contributed by atoms with E-state index in [0.29, 0.717) is 6.42 Å². The molecule has 2 aromatic rings. The minimum absolute atomic E-state index is 0.226. The van der Waals surface area contributed by atoms with Gasteiger partial charge in [-0.1, -0.05) is 67.6 Å². The predicted octanol–water partition coefficient (Wildman–Crippen LogP) is 4.15. The van der Waals surface area contributed by atoms with Gasteiger partial charge < -0.3 is 10.0 Å². The maximum atomic E-state index is 12.6. The molecule has 0 saturated carbocycles. The second-order valence-electron chi connectivity index (χ2n) is 7.09. The van der Waals surface area contributed by atoms with E-state index < -0.39 is 6.10 Å². The van der Waals surface area contributed by atoms with Crippen molar-refractivity contribution in [3.05, 3.63) is 71.8 Å². The Bertz CT molecular complexity index is 663. The van der Waals surface area contributed by atoms with Crippen LogP contribution in [0.5, 0.6) is 0 Å². The number of carbonyl (C=O) groups excluding carboxylic acids is 1. The van der Waals surface area contributed by atoms with Crippen LogP contribution in [0.2, 0.25) is 0 Å². The number of carbonyl (C=O) groups is 1. The normalized spacial score (nSPS) is 17.9. The third-order valence-electron chi connectivity index (χ3n) is 5.33. The number of amides is 1. The lowest BCUT2D eigenvalue weighted by Crippen LogP contribution is -2.40. The van der Waals surface area contributed by atoms with E-state index in [1.165, 1.54) is 5.56 Å². The molecule has 1 aliphatic heterocycles. The van der Waals surface area contributed by atoms with Crippen LogP contribution in [0.3, 0.4) is 0 Å². The molecular formula is C22H27NO2.